The fraction of sp³-hybridized carbons (Fsp3) is 0.909. The maximum absolute atomic E-state index is 11.6. The highest BCUT2D eigenvalue weighted by Gasteiger charge is 2.22. The Hall–Kier alpha value is -0.570. The van der Waals surface area contributed by atoms with E-state index in [-0.39, 0.29) is 5.91 Å². The van der Waals surface area contributed by atoms with E-state index in [0.29, 0.717) is 12.0 Å². The average molecular weight is 196 g/mol. The molecule has 1 amide bonds. The van der Waals surface area contributed by atoms with Crippen LogP contribution in [0.4, 0.5) is 0 Å². The van der Waals surface area contributed by atoms with Crippen LogP contribution in [0.5, 0.6) is 0 Å². The normalized spacial score (nSPS) is 28.1. The first kappa shape index (κ1) is 9.97. The van der Waals surface area contributed by atoms with E-state index >= 15 is 0 Å². The molecule has 0 aromatic heterocycles. The lowest BCUT2D eigenvalue weighted by molar-refractivity contribution is -0.123. The summed E-state index contributed by atoms with van der Waals surface area (Å²) in [6, 6.07) is 0.385. The number of carbonyl (C=O) groups excluding carboxylic acids is 1. The highest BCUT2D eigenvalue weighted by molar-refractivity contribution is 5.76. The Bertz CT molecular complexity index is 195. The number of nitrogens with one attached hydrogen (secondary N) is 2. The van der Waals surface area contributed by atoms with E-state index < -0.39 is 0 Å². The third kappa shape index (κ3) is 2.71. The van der Waals surface area contributed by atoms with Crippen molar-refractivity contribution in [1.29, 1.82) is 0 Å². The molecule has 0 radical (unpaired) electrons. The first-order chi connectivity index (χ1) is 6.84. The summed E-state index contributed by atoms with van der Waals surface area (Å²) in [7, 11) is 0. The molecule has 0 aromatic carbocycles. The van der Waals surface area contributed by atoms with Gasteiger partial charge in [-0.2, -0.15) is 0 Å². The molecule has 2 aliphatic rings. The van der Waals surface area contributed by atoms with Crippen LogP contribution in [0.15, 0.2) is 0 Å². The van der Waals surface area contributed by atoms with Gasteiger partial charge < -0.3 is 10.6 Å². The molecule has 3 nitrogen and oxygen atoms in total. The van der Waals surface area contributed by atoms with Crippen molar-refractivity contribution >= 4 is 5.91 Å². The van der Waals surface area contributed by atoms with Gasteiger partial charge in [-0.05, 0) is 38.1 Å². The van der Waals surface area contributed by atoms with Crippen LogP contribution >= 0.6 is 0 Å². The van der Waals surface area contributed by atoms with Crippen molar-refractivity contribution in [3.63, 3.8) is 0 Å². The van der Waals surface area contributed by atoms with Crippen LogP contribution in [0.1, 0.15) is 38.5 Å². The third-order valence-electron chi connectivity index (χ3n) is 3.36. The number of rotatable bonds is 3. The molecule has 2 N–H and O–H groups in total. The van der Waals surface area contributed by atoms with Crippen LogP contribution < -0.4 is 10.6 Å². The molecule has 1 atom stereocenters. The summed E-state index contributed by atoms with van der Waals surface area (Å²) in [5, 5.41) is 6.42. The van der Waals surface area contributed by atoms with Crippen LogP contribution in [-0.2, 0) is 4.79 Å². The SMILES string of the molecule is O=C(CC1CCC1)N[C@@H]1CCCNC1. The zero-order chi connectivity index (χ0) is 9.80. The minimum absolute atomic E-state index is 0.267. The monoisotopic (exact) mass is 196 g/mol. The van der Waals surface area contributed by atoms with Crippen LogP contribution in [0, 0.1) is 5.92 Å². The highest BCUT2D eigenvalue weighted by atomic mass is 16.1. The van der Waals surface area contributed by atoms with E-state index in [1.54, 1.807) is 0 Å². The molecule has 0 spiro atoms. The predicted molar refractivity (Wildman–Crippen MR) is 56.0 cm³/mol. The van der Waals surface area contributed by atoms with E-state index in [1.807, 2.05) is 0 Å². The van der Waals surface area contributed by atoms with Crippen LogP contribution in [0.2, 0.25) is 0 Å². The summed E-state index contributed by atoms with van der Waals surface area (Å²) >= 11 is 0. The Labute approximate surface area is 85.6 Å². The Morgan fingerprint density at radius 1 is 1.29 bits per heavy atom. The van der Waals surface area contributed by atoms with Gasteiger partial charge in [-0.3, -0.25) is 4.79 Å². The second kappa shape index (κ2) is 4.78. The van der Waals surface area contributed by atoms with Crippen molar-refractivity contribution in [3.05, 3.63) is 0 Å². The molecule has 2 fully saturated rings. The van der Waals surface area contributed by atoms with Crippen molar-refractivity contribution in [1.82, 2.24) is 10.6 Å². The molecule has 14 heavy (non-hydrogen) atoms. The summed E-state index contributed by atoms with van der Waals surface area (Å²) < 4.78 is 0. The average Bonchev–Trinajstić information content (AvgIpc) is 2.13. The molecule has 3 heteroatoms. The van der Waals surface area contributed by atoms with E-state index in [0.717, 1.165) is 25.9 Å². The Morgan fingerprint density at radius 3 is 2.71 bits per heavy atom. The second-order valence-corrected chi connectivity index (χ2v) is 4.61. The highest BCUT2D eigenvalue weighted by Crippen LogP contribution is 2.29. The quantitative estimate of drug-likeness (QED) is 0.708. The van der Waals surface area contributed by atoms with Gasteiger partial charge in [0.2, 0.25) is 5.91 Å². The van der Waals surface area contributed by atoms with Gasteiger partial charge in [0.15, 0.2) is 0 Å². The van der Waals surface area contributed by atoms with Gasteiger partial charge in [0.1, 0.15) is 0 Å². The number of piperidine rings is 1. The summed E-state index contributed by atoms with van der Waals surface area (Å²) in [5.74, 6) is 0.954. The lowest BCUT2D eigenvalue weighted by Gasteiger charge is -2.27. The van der Waals surface area contributed by atoms with E-state index in [2.05, 4.69) is 10.6 Å². The molecule has 80 valence electrons. The lowest BCUT2D eigenvalue weighted by atomic mass is 9.83. The number of hydrogen-bond donors (Lipinski definition) is 2. The Morgan fingerprint density at radius 2 is 2.14 bits per heavy atom. The van der Waals surface area contributed by atoms with Gasteiger partial charge in [0.25, 0.3) is 0 Å². The molecule has 1 saturated heterocycles. The maximum atomic E-state index is 11.6. The first-order valence-corrected chi connectivity index (χ1v) is 5.84. The van der Waals surface area contributed by atoms with Gasteiger partial charge in [0.05, 0.1) is 0 Å². The molecule has 0 aromatic rings. The van der Waals surface area contributed by atoms with Crippen molar-refractivity contribution in [2.75, 3.05) is 13.1 Å². The first-order valence-electron chi connectivity index (χ1n) is 5.84. The van der Waals surface area contributed by atoms with Gasteiger partial charge in [-0.15, -0.1) is 0 Å². The molecule has 0 bridgehead atoms. The minimum Gasteiger partial charge on any atom is -0.352 e. The van der Waals surface area contributed by atoms with Gasteiger partial charge >= 0.3 is 0 Å². The fourth-order valence-electron chi connectivity index (χ4n) is 2.22. The Balaban J connectivity index is 1.64. The standard InChI is InChI=1S/C11H20N2O/c14-11(7-9-3-1-4-9)13-10-5-2-6-12-8-10/h9-10,12H,1-8H2,(H,13,14)/t10-/m1/s1. The topological polar surface area (TPSA) is 41.1 Å². The molecule has 0 unspecified atom stereocenters. The third-order valence-corrected chi connectivity index (χ3v) is 3.36. The second-order valence-electron chi connectivity index (χ2n) is 4.61. The van der Waals surface area contributed by atoms with E-state index in [4.69, 9.17) is 0 Å². The van der Waals surface area contributed by atoms with E-state index in [1.165, 1.54) is 25.7 Å². The van der Waals surface area contributed by atoms with E-state index in [9.17, 15) is 4.79 Å². The fourth-order valence-corrected chi connectivity index (χ4v) is 2.22. The summed E-state index contributed by atoms with van der Waals surface area (Å²) in [6.07, 6.45) is 6.93. The maximum Gasteiger partial charge on any atom is 0.220 e. The van der Waals surface area contributed by atoms with Gasteiger partial charge in [-0.1, -0.05) is 6.42 Å². The largest absolute Gasteiger partial charge is 0.352 e. The van der Waals surface area contributed by atoms with Gasteiger partial charge in [-0.25, -0.2) is 0 Å². The molecule has 2 rings (SSSR count). The summed E-state index contributed by atoms with van der Waals surface area (Å²) in [6.45, 7) is 2.06. The smallest absolute Gasteiger partial charge is 0.220 e. The molecule has 1 heterocycles. The number of hydrogen-bond acceptors (Lipinski definition) is 2. The van der Waals surface area contributed by atoms with Crippen molar-refractivity contribution < 1.29 is 4.79 Å². The molecule has 1 aliphatic heterocycles. The lowest BCUT2D eigenvalue weighted by Crippen LogP contribution is -2.46. The van der Waals surface area contributed by atoms with Crippen LogP contribution in [0.25, 0.3) is 0 Å². The minimum atomic E-state index is 0.267. The number of carbonyl (C=O) groups is 1. The van der Waals surface area contributed by atoms with Crippen LogP contribution in [-0.4, -0.2) is 25.0 Å². The molecular weight excluding hydrogens is 176 g/mol. The zero-order valence-corrected chi connectivity index (χ0v) is 8.72. The molecule has 1 aliphatic carbocycles. The van der Waals surface area contributed by atoms with Crippen molar-refractivity contribution in [3.8, 4) is 0 Å². The van der Waals surface area contributed by atoms with Crippen molar-refractivity contribution in [2.24, 2.45) is 5.92 Å². The zero-order valence-electron chi connectivity index (χ0n) is 8.72. The predicted octanol–water partition coefficient (Wildman–Crippen LogP) is 1.04. The summed E-state index contributed by atoms with van der Waals surface area (Å²) in [4.78, 5) is 11.6. The molecule has 1 saturated carbocycles. The van der Waals surface area contributed by atoms with Gasteiger partial charge in [0, 0.05) is 19.0 Å². The Kier molecular flexibility index (Phi) is 3.40. The van der Waals surface area contributed by atoms with Crippen molar-refractivity contribution in [2.45, 2.75) is 44.6 Å². The molecular formula is C11H20N2O. The number of amides is 1. The van der Waals surface area contributed by atoms with Crippen LogP contribution in [0.3, 0.4) is 0 Å². The summed E-state index contributed by atoms with van der Waals surface area (Å²) in [5.41, 5.74) is 0.